The van der Waals surface area contributed by atoms with Crippen LogP contribution in [0.1, 0.15) is 39.2 Å². The summed E-state index contributed by atoms with van der Waals surface area (Å²) in [5, 5.41) is 9.23. The molecule has 0 amide bonds. The number of halogens is 2. The van der Waals surface area contributed by atoms with Crippen molar-refractivity contribution in [3.63, 3.8) is 0 Å². The van der Waals surface area contributed by atoms with Gasteiger partial charge >= 0.3 is 0 Å². The maximum Gasteiger partial charge on any atom is 0.128 e. The van der Waals surface area contributed by atoms with E-state index in [0.717, 1.165) is 73.7 Å². The van der Waals surface area contributed by atoms with Gasteiger partial charge < -0.3 is 34.9 Å². The van der Waals surface area contributed by atoms with E-state index >= 15 is 0 Å². The fraction of sp³-hybridized carbons (Fsp3) is 0.182. The van der Waals surface area contributed by atoms with E-state index in [1.54, 1.807) is 30.6 Å². The van der Waals surface area contributed by atoms with Crippen molar-refractivity contribution >= 4 is 61.3 Å². The Morgan fingerprint density at radius 2 is 0.750 bits per heavy atom. The zero-order chi connectivity index (χ0) is 72.4. The van der Waals surface area contributed by atoms with Gasteiger partial charge in [-0.3, -0.25) is 4.98 Å². The van der Waals surface area contributed by atoms with Gasteiger partial charge in [0.2, 0.25) is 0 Å². The third-order valence-corrected chi connectivity index (χ3v) is 22.9. The number of nitrogens with zero attached hydrogens (tertiary/aromatic N) is 8. The van der Waals surface area contributed by atoms with Crippen LogP contribution in [0.4, 0.5) is 8.78 Å². The predicted octanol–water partition coefficient (Wildman–Crippen LogP) is 20.5. The zero-order valence-corrected chi connectivity index (χ0v) is 72.0. The van der Waals surface area contributed by atoms with E-state index in [0.29, 0.717) is 5.69 Å². The molecule has 8 heterocycles. The molecular weight excluding hydrogens is 1870 g/mol. The molecule has 6 aromatic carbocycles. The van der Waals surface area contributed by atoms with Crippen LogP contribution in [0.3, 0.4) is 0 Å². The van der Waals surface area contributed by atoms with Crippen LogP contribution in [-0.4, -0.2) is 64.1 Å². The monoisotopic (exact) mass is 1960 g/mol. The SMILES string of the molecule is Cc1[c-]c(-c2cc(C)c([Si](C)(C)C)cn2)cc(C)c1.Cc1c[c-]c(-c2ccccn2)c(C)n1.Cc1cc(-c2[c-]cc3ccccc3c2)ncc1[Si](C)(C)C.Cc1cc(-c2[c-]cc3ccccc3c2)ncc1[Si](C)(C)C.Fc1c[c-]c(-c2ccccn2)c(F)n1.[Ir].[Ir].[Ir].[c-]1ccccc1-c1ccccn1. The van der Waals surface area contributed by atoms with Crippen molar-refractivity contribution in [1.29, 1.82) is 0 Å². The van der Waals surface area contributed by atoms with Crippen molar-refractivity contribution < 1.29 is 69.1 Å². The molecule has 0 fully saturated rings. The van der Waals surface area contributed by atoms with Crippen LogP contribution in [0.2, 0.25) is 58.9 Å². The number of fused-ring (bicyclic) bond motifs is 2. The Morgan fingerprint density at radius 3 is 1.14 bits per heavy atom. The molecule has 14 rings (SSSR count). The molecule has 104 heavy (non-hydrogen) atoms. The first-order valence-electron chi connectivity index (χ1n) is 33.7. The average molecular weight is 1950 g/mol. The largest absolute Gasteiger partial charge is 0.354 e. The number of rotatable bonds is 9. The van der Waals surface area contributed by atoms with Crippen LogP contribution in [0.15, 0.2) is 231 Å². The first-order valence-corrected chi connectivity index (χ1v) is 44.2. The summed E-state index contributed by atoms with van der Waals surface area (Å²) in [5.41, 5.74) is 19.1. The quantitative estimate of drug-likeness (QED) is 0.0800. The molecular formula is C88H86F2Ir3N8Si3-6. The van der Waals surface area contributed by atoms with E-state index in [9.17, 15) is 8.78 Å². The third kappa shape index (κ3) is 24.0. The molecule has 3 radical (unpaired) electrons. The number of hydrogen-bond acceptors (Lipinski definition) is 8. The molecule has 0 N–H and O–H groups in total. The van der Waals surface area contributed by atoms with Gasteiger partial charge in [0.1, 0.15) is 11.9 Å². The molecule has 0 atom stereocenters. The zero-order valence-electron chi connectivity index (χ0n) is 61.8. The van der Waals surface area contributed by atoms with Crippen LogP contribution in [-0.2, 0) is 60.3 Å². The molecule has 0 aliphatic rings. The van der Waals surface area contributed by atoms with E-state index in [-0.39, 0.29) is 65.9 Å². The van der Waals surface area contributed by atoms with Crippen LogP contribution >= 0.6 is 0 Å². The van der Waals surface area contributed by atoms with E-state index in [1.165, 1.54) is 71.1 Å². The maximum absolute atomic E-state index is 13.1. The normalized spacial score (nSPS) is 10.8. The molecule has 0 spiro atoms. The topological polar surface area (TPSA) is 103 Å². The Bertz CT molecular complexity index is 4800. The molecule has 8 aromatic heterocycles. The molecule has 0 unspecified atom stereocenters. The summed E-state index contributed by atoms with van der Waals surface area (Å²) in [7, 11) is -3.93. The Morgan fingerprint density at radius 1 is 0.337 bits per heavy atom. The van der Waals surface area contributed by atoms with Gasteiger partial charge in [0, 0.05) is 97.5 Å². The molecule has 0 bridgehead atoms. The number of aromatic nitrogens is 8. The van der Waals surface area contributed by atoms with Gasteiger partial charge in [-0.05, 0) is 100 Å². The number of hydrogen-bond donors (Lipinski definition) is 0. The van der Waals surface area contributed by atoms with Gasteiger partial charge in [0.15, 0.2) is 0 Å². The first kappa shape index (κ1) is 84.4. The van der Waals surface area contributed by atoms with Crippen molar-refractivity contribution in [2.45, 2.75) is 107 Å². The molecule has 0 saturated carbocycles. The van der Waals surface area contributed by atoms with Gasteiger partial charge in [-0.2, -0.15) is 0 Å². The van der Waals surface area contributed by atoms with E-state index in [2.05, 4.69) is 279 Å². The molecule has 537 valence electrons. The van der Waals surface area contributed by atoms with Crippen molar-refractivity contribution in [2.75, 3.05) is 0 Å². The Labute approximate surface area is 658 Å². The molecule has 0 aliphatic carbocycles. The van der Waals surface area contributed by atoms with Gasteiger partial charge in [0.05, 0.1) is 24.2 Å². The molecule has 0 aliphatic heterocycles. The fourth-order valence-corrected chi connectivity index (χ4v) is 16.7. The van der Waals surface area contributed by atoms with Gasteiger partial charge in [-0.15, -0.1) is 153 Å². The second-order valence-corrected chi connectivity index (χ2v) is 43.0. The summed E-state index contributed by atoms with van der Waals surface area (Å²) < 4.78 is 25.6. The molecule has 14 aromatic rings. The minimum Gasteiger partial charge on any atom is -0.354 e. The van der Waals surface area contributed by atoms with Gasteiger partial charge in [-0.25, -0.2) is 8.78 Å². The summed E-state index contributed by atoms with van der Waals surface area (Å²) >= 11 is 0. The smallest absolute Gasteiger partial charge is 0.128 e. The van der Waals surface area contributed by atoms with E-state index < -0.39 is 36.1 Å². The van der Waals surface area contributed by atoms with Crippen LogP contribution in [0, 0.1) is 96.8 Å². The van der Waals surface area contributed by atoms with Crippen LogP contribution in [0.25, 0.3) is 89.1 Å². The standard InChI is InChI=1S/2C19H20NSi.C17H22NSi.C12H11N2.C11H8N.C10H5F2N2.3Ir/c2*1-14-11-18(20-13-19(14)21(2,3)4)17-10-9-15-7-5-6-8-16(15)12-17;1-12-7-13(2)9-15(8-12)16-10-14(3)17(11-18-16)19(4,5)6;1-9-6-7-11(10(2)14-9)12-5-3-4-8-13-12;1-2-6-10(7-3-1)11-8-4-5-9-12-11;11-9-5-4-7(10(12)14-9)8-3-1-2-6-13-8;;;/h2*5-9,11-13H,1-4H3;7-8,10-11H,1-6H3;3-6,8H,1-2H3;1-6,8-9H;1-3,5-6H;;;/q6*-1;;;. The Kier molecular flexibility index (Phi) is 31.7. The van der Waals surface area contributed by atoms with E-state index in [1.807, 2.05) is 92.7 Å². The van der Waals surface area contributed by atoms with Crippen molar-refractivity contribution in [3.05, 3.63) is 319 Å². The Hall–Kier alpha value is -8.50. The number of aryl methyl sites for hydroxylation is 7. The number of benzene rings is 6. The number of pyridine rings is 8. The summed E-state index contributed by atoms with van der Waals surface area (Å²) in [4.78, 5) is 33.9. The van der Waals surface area contributed by atoms with Crippen molar-refractivity contribution in [1.82, 2.24) is 39.9 Å². The molecule has 0 saturated heterocycles. The van der Waals surface area contributed by atoms with Crippen LogP contribution in [0.5, 0.6) is 0 Å². The maximum atomic E-state index is 13.1. The summed E-state index contributed by atoms with van der Waals surface area (Å²) in [6.07, 6.45) is 11.3. The first-order chi connectivity index (χ1) is 48.2. The van der Waals surface area contributed by atoms with Gasteiger partial charge in [-0.1, -0.05) is 229 Å². The minimum atomic E-state index is -1.32. The van der Waals surface area contributed by atoms with E-state index in [4.69, 9.17) is 0 Å². The molecule has 8 nitrogen and oxygen atoms in total. The average Bonchev–Trinajstić information content (AvgIpc) is 0.809. The summed E-state index contributed by atoms with van der Waals surface area (Å²) in [6.45, 7) is 36.0. The predicted molar refractivity (Wildman–Crippen MR) is 424 cm³/mol. The Balaban J connectivity index is 0.000000197. The van der Waals surface area contributed by atoms with Crippen molar-refractivity contribution in [2.24, 2.45) is 0 Å². The third-order valence-electron chi connectivity index (χ3n) is 16.5. The second-order valence-electron chi connectivity index (χ2n) is 27.9. The van der Waals surface area contributed by atoms with Crippen molar-refractivity contribution in [3.8, 4) is 67.5 Å². The van der Waals surface area contributed by atoms with Gasteiger partial charge in [0.25, 0.3) is 0 Å². The molecule has 16 heteroatoms. The van der Waals surface area contributed by atoms with Crippen LogP contribution < -0.4 is 15.6 Å². The summed E-state index contributed by atoms with van der Waals surface area (Å²) in [6, 6.07) is 82.4. The fourth-order valence-electron chi connectivity index (χ4n) is 11.6. The minimum absolute atomic E-state index is 0. The summed E-state index contributed by atoms with van der Waals surface area (Å²) in [5.74, 6) is -1.79. The second kappa shape index (κ2) is 39.0.